The first kappa shape index (κ1) is 15.0. The van der Waals surface area contributed by atoms with Crippen molar-refractivity contribution in [1.82, 2.24) is 0 Å². The van der Waals surface area contributed by atoms with Crippen LogP contribution in [0.15, 0.2) is 42.5 Å². The number of hydrogen-bond acceptors (Lipinski definition) is 2. The van der Waals surface area contributed by atoms with E-state index in [9.17, 15) is 9.18 Å². The van der Waals surface area contributed by atoms with Gasteiger partial charge in [0.2, 0.25) is 0 Å². The Bertz CT molecular complexity index is 603. The molecule has 1 amide bonds. The average Bonchev–Trinajstić information content (AvgIpc) is 2.49. The van der Waals surface area contributed by atoms with Crippen LogP contribution in [-0.2, 0) is 0 Å². The molecule has 2 aromatic carbocycles. The van der Waals surface area contributed by atoms with Crippen LogP contribution in [0.5, 0.6) is 0 Å². The third kappa shape index (κ3) is 3.81. The molecule has 4 heteroatoms. The highest BCUT2D eigenvalue weighted by atomic mass is 19.1. The van der Waals surface area contributed by atoms with E-state index in [1.165, 1.54) is 6.07 Å². The maximum Gasteiger partial charge on any atom is 0.255 e. The predicted molar refractivity (Wildman–Crippen MR) is 84.3 cm³/mol. The predicted octanol–water partition coefficient (Wildman–Crippen LogP) is 4.21. The van der Waals surface area contributed by atoms with Crippen LogP contribution in [0.1, 0.15) is 29.3 Å². The fourth-order valence-corrected chi connectivity index (χ4v) is 1.98. The van der Waals surface area contributed by atoms with E-state index in [2.05, 4.69) is 17.6 Å². The molecule has 2 N–H and O–H groups in total. The lowest BCUT2D eigenvalue weighted by atomic mass is 10.1. The van der Waals surface area contributed by atoms with Gasteiger partial charge in [0.1, 0.15) is 5.82 Å². The molecule has 0 aliphatic rings. The second-order valence-electron chi connectivity index (χ2n) is 4.89. The number of para-hydroxylation sites is 1. The first-order valence-electron chi connectivity index (χ1n) is 7.02. The molecule has 0 heterocycles. The topological polar surface area (TPSA) is 41.1 Å². The van der Waals surface area contributed by atoms with Gasteiger partial charge in [-0.1, -0.05) is 19.1 Å². The minimum absolute atomic E-state index is 0.232. The Balaban J connectivity index is 2.10. The van der Waals surface area contributed by atoms with E-state index in [-0.39, 0.29) is 11.6 Å². The zero-order valence-corrected chi connectivity index (χ0v) is 12.2. The summed E-state index contributed by atoms with van der Waals surface area (Å²) in [5.41, 5.74) is 2.40. The molecule has 0 aliphatic carbocycles. The van der Waals surface area contributed by atoms with Gasteiger partial charge in [-0.3, -0.25) is 4.79 Å². The maximum atomic E-state index is 13.7. The average molecular weight is 286 g/mol. The zero-order valence-electron chi connectivity index (χ0n) is 12.2. The molecule has 0 saturated heterocycles. The van der Waals surface area contributed by atoms with E-state index in [1.807, 2.05) is 12.1 Å². The van der Waals surface area contributed by atoms with Crippen molar-refractivity contribution < 1.29 is 9.18 Å². The number of anilines is 2. The standard InChI is InChI=1S/C17H19FN2O/c1-3-11-19-14-9-7-13(8-10-14)17(21)20-16-12(2)5-4-6-15(16)18/h4-10,19H,3,11H2,1-2H3,(H,20,21). The summed E-state index contributed by atoms with van der Waals surface area (Å²) in [4.78, 5) is 12.1. The second kappa shape index (κ2) is 6.88. The van der Waals surface area contributed by atoms with E-state index in [1.54, 1.807) is 31.2 Å². The summed E-state index contributed by atoms with van der Waals surface area (Å²) in [6, 6.07) is 11.9. The Morgan fingerprint density at radius 2 is 1.86 bits per heavy atom. The SMILES string of the molecule is CCCNc1ccc(C(=O)Nc2c(C)cccc2F)cc1. The summed E-state index contributed by atoms with van der Waals surface area (Å²) in [5, 5.41) is 5.86. The highest BCUT2D eigenvalue weighted by Crippen LogP contribution is 2.20. The first-order valence-corrected chi connectivity index (χ1v) is 7.02. The Morgan fingerprint density at radius 3 is 2.48 bits per heavy atom. The maximum absolute atomic E-state index is 13.7. The molecule has 0 fully saturated rings. The molecule has 3 nitrogen and oxygen atoms in total. The second-order valence-corrected chi connectivity index (χ2v) is 4.89. The number of hydrogen-bond donors (Lipinski definition) is 2. The van der Waals surface area contributed by atoms with Gasteiger partial charge in [-0.25, -0.2) is 4.39 Å². The highest BCUT2D eigenvalue weighted by Gasteiger charge is 2.11. The van der Waals surface area contributed by atoms with Crippen LogP contribution < -0.4 is 10.6 Å². The van der Waals surface area contributed by atoms with Crippen LogP contribution in [0.25, 0.3) is 0 Å². The summed E-state index contributed by atoms with van der Waals surface area (Å²) in [6.45, 7) is 4.74. The van der Waals surface area contributed by atoms with Crippen molar-refractivity contribution in [3.63, 3.8) is 0 Å². The van der Waals surface area contributed by atoms with Gasteiger partial charge < -0.3 is 10.6 Å². The molecule has 2 rings (SSSR count). The number of rotatable bonds is 5. The van der Waals surface area contributed by atoms with E-state index in [0.29, 0.717) is 11.1 Å². The monoisotopic (exact) mass is 286 g/mol. The Kier molecular flexibility index (Phi) is 4.93. The van der Waals surface area contributed by atoms with Crippen molar-refractivity contribution in [2.45, 2.75) is 20.3 Å². The number of aryl methyl sites for hydroxylation is 1. The Labute approximate surface area is 124 Å². The minimum atomic E-state index is -0.426. The molecule has 0 radical (unpaired) electrons. The first-order chi connectivity index (χ1) is 10.1. The van der Waals surface area contributed by atoms with Crippen molar-refractivity contribution in [2.24, 2.45) is 0 Å². The molecular formula is C17H19FN2O. The van der Waals surface area contributed by atoms with Crippen molar-refractivity contribution in [2.75, 3.05) is 17.2 Å². The molecule has 0 unspecified atom stereocenters. The summed E-state index contributed by atoms with van der Waals surface area (Å²) in [5.74, 6) is -0.741. The molecule has 0 spiro atoms. The lowest BCUT2D eigenvalue weighted by Crippen LogP contribution is -2.14. The van der Waals surface area contributed by atoms with Gasteiger partial charge in [0.05, 0.1) is 5.69 Å². The number of nitrogens with one attached hydrogen (secondary N) is 2. The molecule has 0 saturated carbocycles. The molecule has 0 aromatic heterocycles. The molecule has 21 heavy (non-hydrogen) atoms. The summed E-state index contributed by atoms with van der Waals surface area (Å²) >= 11 is 0. The van der Waals surface area contributed by atoms with Gasteiger partial charge in [0.15, 0.2) is 0 Å². The minimum Gasteiger partial charge on any atom is -0.385 e. The molecule has 110 valence electrons. The summed E-state index contributed by atoms with van der Waals surface area (Å²) < 4.78 is 13.7. The van der Waals surface area contributed by atoms with Crippen molar-refractivity contribution >= 4 is 17.3 Å². The van der Waals surface area contributed by atoms with E-state index in [0.717, 1.165) is 18.7 Å². The van der Waals surface area contributed by atoms with Crippen LogP contribution in [-0.4, -0.2) is 12.5 Å². The van der Waals surface area contributed by atoms with Gasteiger partial charge in [-0.15, -0.1) is 0 Å². The number of carbonyl (C=O) groups excluding carboxylic acids is 1. The van der Waals surface area contributed by atoms with Crippen LogP contribution in [0.4, 0.5) is 15.8 Å². The zero-order chi connectivity index (χ0) is 15.2. The Morgan fingerprint density at radius 1 is 1.14 bits per heavy atom. The lowest BCUT2D eigenvalue weighted by Gasteiger charge is -2.10. The quantitative estimate of drug-likeness (QED) is 0.864. The van der Waals surface area contributed by atoms with Gasteiger partial charge in [-0.05, 0) is 49.2 Å². The normalized spacial score (nSPS) is 10.2. The number of halogens is 1. The van der Waals surface area contributed by atoms with E-state index >= 15 is 0 Å². The lowest BCUT2D eigenvalue weighted by molar-refractivity contribution is 0.102. The number of carbonyl (C=O) groups is 1. The number of benzene rings is 2. The molecule has 0 aliphatic heterocycles. The van der Waals surface area contributed by atoms with Crippen LogP contribution >= 0.6 is 0 Å². The molecule has 0 bridgehead atoms. The summed E-state index contributed by atoms with van der Waals surface area (Å²) in [6.07, 6.45) is 1.04. The van der Waals surface area contributed by atoms with Crippen molar-refractivity contribution in [1.29, 1.82) is 0 Å². The third-order valence-corrected chi connectivity index (χ3v) is 3.19. The van der Waals surface area contributed by atoms with Crippen LogP contribution in [0.2, 0.25) is 0 Å². The molecule has 0 atom stereocenters. The van der Waals surface area contributed by atoms with Gasteiger partial charge >= 0.3 is 0 Å². The largest absolute Gasteiger partial charge is 0.385 e. The van der Waals surface area contributed by atoms with Gasteiger partial charge in [0, 0.05) is 17.8 Å². The van der Waals surface area contributed by atoms with Crippen LogP contribution in [0, 0.1) is 12.7 Å². The fraction of sp³-hybridized carbons (Fsp3) is 0.235. The molecular weight excluding hydrogens is 267 g/mol. The summed E-state index contributed by atoms with van der Waals surface area (Å²) in [7, 11) is 0. The van der Waals surface area contributed by atoms with Crippen LogP contribution in [0.3, 0.4) is 0 Å². The van der Waals surface area contributed by atoms with E-state index < -0.39 is 5.82 Å². The van der Waals surface area contributed by atoms with E-state index in [4.69, 9.17) is 0 Å². The fourth-order valence-electron chi connectivity index (χ4n) is 1.98. The Hall–Kier alpha value is -2.36. The third-order valence-electron chi connectivity index (χ3n) is 3.19. The highest BCUT2D eigenvalue weighted by molar-refractivity contribution is 6.04. The number of amides is 1. The van der Waals surface area contributed by atoms with Gasteiger partial charge in [0.25, 0.3) is 5.91 Å². The van der Waals surface area contributed by atoms with Crippen molar-refractivity contribution in [3.05, 3.63) is 59.4 Å². The van der Waals surface area contributed by atoms with Crippen molar-refractivity contribution in [3.8, 4) is 0 Å². The smallest absolute Gasteiger partial charge is 0.255 e. The van der Waals surface area contributed by atoms with Gasteiger partial charge in [-0.2, -0.15) is 0 Å². The molecule has 2 aromatic rings.